The first-order valence-corrected chi connectivity index (χ1v) is 6.98. The zero-order valence-electron chi connectivity index (χ0n) is 11.7. The summed E-state index contributed by atoms with van der Waals surface area (Å²) < 4.78 is 6.28. The minimum absolute atomic E-state index is 0.288. The molecule has 0 bridgehead atoms. The van der Waals surface area contributed by atoms with Crippen molar-refractivity contribution in [3.05, 3.63) is 54.5 Å². The molecule has 0 spiro atoms. The highest BCUT2D eigenvalue weighted by molar-refractivity contribution is 5.25. The van der Waals surface area contributed by atoms with Crippen molar-refractivity contribution in [1.29, 1.82) is 0 Å². The fraction of sp³-hybridized carbons (Fsp3) is 0.375. The molecule has 1 aromatic carbocycles. The lowest BCUT2D eigenvalue weighted by molar-refractivity contribution is -0.000229. The third kappa shape index (κ3) is 2.65. The van der Waals surface area contributed by atoms with E-state index in [0.717, 1.165) is 25.9 Å². The largest absolute Gasteiger partial charge is 0.465 e. The number of piperidine rings is 1. The maximum absolute atomic E-state index is 6.28. The van der Waals surface area contributed by atoms with Crippen LogP contribution in [0.15, 0.2) is 48.9 Å². The Morgan fingerprint density at radius 2 is 1.85 bits per heavy atom. The van der Waals surface area contributed by atoms with E-state index >= 15 is 0 Å². The summed E-state index contributed by atoms with van der Waals surface area (Å²) in [4.78, 5) is 10.7. The van der Waals surface area contributed by atoms with Gasteiger partial charge in [-0.1, -0.05) is 30.3 Å². The van der Waals surface area contributed by atoms with E-state index in [4.69, 9.17) is 4.74 Å². The summed E-state index contributed by atoms with van der Waals surface area (Å²) in [6.45, 7) is 2.05. The van der Waals surface area contributed by atoms with Crippen LogP contribution >= 0.6 is 0 Å². The molecule has 0 amide bonds. The van der Waals surface area contributed by atoms with Gasteiger partial charge in [-0.25, -0.2) is 4.98 Å². The van der Waals surface area contributed by atoms with Crippen LogP contribution in [0.2, 0.25) is 0 Å². The summed E-state index contributed by atoms with van der Waals surface area (Å²) in [5.74, 6) is 0.598. The number of aromatic nitrogens is 2. The second-order valence-electron chi connectivity index (χ2n) is 5.31. The summed E-state index contributed by atoms with van der Waals surface area (Å²) in [5, 5.41) is 0. The summed E-state index contributed by atoms with van der Waals surface area (Å²) in [6.07, 6.45) is 6.94. The Hall–Kier alpha value is -1.94. The van der Waals surface area contributed by atoms with E-state index < -0.39 is 0 Å². The predicted molar refractivity (Wildman–Crippen MR) is 77.5 cm³/mol. The van der Waals surface area contributed by atoms with Crippen LogP contribution in [-0.4, -0.2) is 35.0 Å². The minimum atomic E-state index is -0.288. The molecule has 0 aliphatic carbocycles. The van der Waals surface area contributed by atoms with Crippen molar-refractivity contribution < 1.29 is 4.74 Å². The molecule has 1 aliphatic heterocycles. The molecule has 0 saturated carbocycles. The lowest BCUT2D eigenvalue weighted by Crippen LogP contribution is -2.44. The molecule has 4 heteroatoms. The molecule has 1 fully saturated rings. The fourth-order valence-corrected chi connectivity index (χ4v) is 2.71. The van der Waals surface area contributed by atoms with Gasteiger partial charge in [0.05, 0.1) is 6.20 Å². The van der Waals surface area contributed by atoms with Gasteiger partial charge in [0.1, 0.15) is 5.60 Å². The number of rotatable bonds is 3. The first-order valence-electron chi connectivity index (χ1n) is 6.98. The highest BCUT2D eigenvalue weighted by Crippen LogP contribution is 2.36. The smallest absolute Gasteiger partial charge is 0.233 e. The van der Waals surface area contributed by atoms with E-state index in [-0.39, 0.29) is 5.60 Å². The van der Waals surface area contributed by atoms with Crippen molar-refractivity contribution in [3.63, 3.8) is 0 Å². The van der Waals surface area contributed by atoms with Crippen molar-refractivity contribution >= 4 is 0 Å². The zero-order valence-corrected chi connectivity index (χ0v) is 11.7. The van der Waals surface area contributed by atoms with Crippen LogP contribution in [0, 0.1) is 0 Å². The Labute approximate surface area is 119 Å². The van der Waals surface area contributed by atoms with Crippen LogP contribution in [0.4, 0.5) is 0 Å². The minimum Gasteiger partial charge on any atom is -0.465 e. The van der Waals surface area contributed by atoms with Crippen molar-refractivity contribution in [1.82, 2.24) is 14.9 Å². The molecule has 1 saturated heterocycles. The van der Waals surface area contributed by atoms with E-state index in [9.17, 15) is 0 Å². The van der Waals surface area contributed by atoms with Crippen LogP contribution < -0.4 is 4.74 Å². The van der Waals surface area contributed by atoms with Gasteiger partial charge in [0, 0.05) is 38.3 Å². The Kier molecular flexibility index (Phi) is 3.65. The number of hydrogen-bond donors (Lipinski definition) is 0. The number of nitrogens with zero attached hydrogens (tertiary/aromatic N) is 3. The predicted octanol–water partition coefficient (Wildman–Crippen LogP) is 2.48. The van der Waals surface area contributed by atoms with Crippen molar-refractivity contribution in [2.24, 2.45) is 0 Å². The van der Waals surface area contributed by atoms with E-state index in [0.29, 0.717) is 5.88 Å². The van der Waals surface area contributed by atoms with Crippen molar-refractivity contribution in [3.8, 4) is 5.88 Å². The Bertz CT molecular complexity index is 536. The van der Waals surface area contributed by atoms with Gasteiger partial charge in [-0.15, -0.1) is 0 Å². The van der Waals surface area contributed by atoms with Gasteiger partial charge in [-0.05, 0) is 12.6 Å². The van der Waals surface area contributed by atoms with Crippen LogP contribution in [0.3, 0.4) is 0 Å². The van der Waals surface area contributed by atoms with Crippen molar-refractivity contribution in [2.45, 2.75) is 18.4 Å². The summed E-state index contributed by atoms with van der Waals surface area (Å²) in [6, 6.07) is 10.4. The van der Waals surface area contributed by atoms with E-state index in [1.807, 2.05) is 6.07 Å². The van der Waals surface area contributed by atoms with Crippen LogP contribution in [-0.2, 0) is 5.60 Å². The lowest BCUT2D eigenvalue weighted by atomic mass is 9.84. The maximum atomic E-state index is 6.28. The second kappa shape index (κ2) is 5.59. The topological polar surface area (TPSA) is 38.2 Å². The van der Waals surface area contributed by atoms with Gasteiger partial charge in [0.15, 0.2) is 0 Å². The maximum Gasteiger partial charge on any atom is 0.233 e. The standard InChI is InChI=1S/C16H19N3O/c1-19-11-7-16(8-12-19,14-5-3-2-4-6-14)20-15-13-17-9-10-18-15/h2-6,9-10,13H,7-8,11-12H2,1H3. The number of ether oxygens (including phenoxy) is 1. The SMILES string of the molecule is CN1CCC(Oc2cnccn2)(c2ccccc2)CC1. The van der Waals surface area contributed by atoms with Crippen molar-refractivity contribution in [2.75, 3.05) is 20.1 Å². The van der Waals surface area contributed by atoms with Gasteiger partial charge in [-0.3, -0.25) is 4.98 Å². The normalized spacial score (nSPS) is 18.6. The quantitative estimate of drug-likeness (QED) is 0.858. The van der Waals surface area contributed by atoms with E-state index in [1.54, 1.807) is 18.6 Å². The first-order chi connectivity index (χ1) is 9.78. The van der Waals surface area contributed by atoms with Crippen LogP contribution in [0.5, 0.6) is 5.88 Å². The van der Waals surface area contributed by atoms with Gasteiger partial charge in [-0.2, -0.15) is 0 Å². The van der Waals surface area contributed by atoms with Gasteiger partial charge in [0.2, 0.25) is 5.88 Å². The van der Waals surface area contributed by atoms with Crippen LogP contribution in [0.1, 0.15) is 18.4 Å². The molecule has 0 radical (unpaired) electrons. The van der Waals surface area contributed by atoms with E-state index in [1.165, 1.54) is 5.56 Å². The monoisotopic (exact) mass is 269 g/mol. The van der Waals surface area contributed by atoms with E-state index in [2.05, 4.69) is 46.2 Å². The van der Waals surface area contributed by atoms with Crippen LogP contribution in [0.25, 0.3) is 0 Å². The number of benzene rings is 1. The Balaban J connectivity index is 1.92. The van der Waals surface area contributed by atoms with Gasteiger partial charge in [0.25, 0.3) is 0 Å². The molecule has 2 heterocycles. The molecule has 2 aromatic rings. The summed E-state index contributed by atoms with van der Waals surface area (Å²) in [5.41, 5.74) is 0.933. The highest BCUT2D eigenvalue weighted by atomic mass is 16.5. The lowest BCUT2D eigenvalue weighted by Gasteiger charge is -2.40. The molecule has 104 valence electrons. The molecule has 4 nitrogen and oxygen atoms in total. The number of likely N-dealkylation sites (tertiary alicyclic amines) is 1. The Morgan fingerprint density at radius 1 is 1.10 bits per heavy atom. The zero-order chi connectivity index (χ0) is 13.8. The third-order valence-electron chi connectivity index (χ3n) is 3.93. The van der Waals surface area contributed by atoms with Gasteiger partial charge >= 0.3 is 0 Å². The Morgan fingerprint density at radius 3 is 2.50 bits per heavy atom. The summed E-state index contributed by atoms with van der Waals surface area (Å²) in [7, 11) is 2.15. The molecule has 3 rings (SSSR count). The molecule has 1 aliphatic rings. The fourth-order valence-electron chi connectivity index (χ4n) is 2.71. The average molecular weight is 269 g/mol. The van der Waals surface area contributed by atoms with Gasteiger partial charge < -0.3 is 9.64 Å². The second-order valence-corrected chi connectivity index (χ2v) is 5.31. The molecular formula is C16H19N3O. The summed E-state index contributed by atoms with van der Waals surface area (Å²) >= 11 is 0. The first kappa shape index (κ1) is 13.1. The molecule has 20 heavy (non-hydrogen) atoms. The molecule has 0 atom stereocenters. The molecule has 0 N–H and O–H groups in total. The molecule has 0 unspecified atom stereocenters. The molecular weight excluding hydrogens is 250 g/mol. The number of hydrogen-bond acceptors (Lipinski definition) is 4. The molecule has 1 aromatic heterocycles. The highest BCUT2D eigenvalue weighted by Gasteiger charge is 2.38. The average Bonchev–Trinajstić information content (AvgIpc) is 2.52. The third-order valence-corrected chi connectivity index (χ3v) is 3.93.